The standard InChI is InChI=1S/C22H20FN5O2S/c23-13-1-2-14-16(9-13)17-15(3-4-25-20(17)29)19-18(14)26-22(31-19)28-7-5-27(6-8-28)21(30)12-10-24-11-12/h1-4,9,12,24H,5-8,10-11H2,(H,25,29). The number of thiazole rings is 1. The van der Waals surface area contributed by atoms with Crippen molar-refractivity contribution in [2.75, 3.05) is 44.2 Å². The van der Waals surface area contributed by atoms with Gasteiger partial charge in [0.2, 0.25) is 5.91 Å². The van der Waals surface area contributed by atoms with E-state index < -0.39 is 0 Å². The van der Waals surface area contributed by atoms with Gasteiger partial charge in [0.1, 0.15) is 5.82 Å². The smallest absolute Gasteiger partial charge is 0.256 e. The van der Waals surface area contributed by atoms with Crippen molar-refractivity contribution in [3.63, 3.8) is 0 Å². The molecule has 2 saturated heterocycles. The number of rotatable bonds is 2. The number of nitrogens with one attached hydrogen (secondary N) is 2. The Morgan fingerprint density at radius 3 is 2.65 bits per heavy atom. The number of benzene rings is 2. The fourth-order valence-electron chi connectivity index (χ4n) is 4.51. The first kappa shape index (κ1) is 18.7. The number of pyridine rings is 1. The van der Waals surface area contributed by atoms with Crippen molar-refractivity contribution in [3.05, 3.63) is 46.6 Å². The SMILES string of the molecule is O=C(C1CNC1)N1CCN(c2nc3c4ccc(F)cc4c4c(=O)[nH]ccc4c3s2)CC1. The highest BCUT2D eigenvalue weighted by atomic mass is 32.1. The van der Waals surface area contributed by atoms with Crippen LogP contribution >= 0.6 is 11.3 Å². The summed E-state index contributed by atoms with van der Waals surface area (Å²) in [5, 5.41) is 6.64. The first-order valence-corrected chi connectivity index (χ1v) is 11.2. The van der Waals surface area contributed by atoms with Crippen LogP contribution in [0, 0.1) is 11.7 Å². The van der Waals surface area contributed by atoms with Crippen LogP contribution in [-0.4, -0.2) is 60.0 Å². The second kappa shape index (κ2) is 7.00. The minimum absolute atomic E-state index is 0.116. The third kappa shape index (κ3) is 2.91. The van der Waals surface area contributed by atoms with Crippen LogP contribution in [0.3, 0.4) is 0 Å². The average molecular weight is 438 g/mol. The number of carbonyl (C=O) groups is 1. The molecule has 1 amide bonds. The van der Waals surface area contributed by atoms with Crippen molar-refractivity contribution < 1.29 is 9.18 Å². The molecule has 7 nitrogen and oxygen atoms in total. The molecule has 0 aliphatic carbocycles. The lowest BCUT2D eigenvalue weighted by molar-refractivity contribution is -0.137. The summed E-state index contributed by atoms with van der Waals surface area (Å²) in [4.78, 5) is 36.9. The number of aromatic amines is 1. The zero-order chi connectivity index (χ0) is 21.1. The Labute approximate surface area is 180 Å². The molecule has 31 heavy (non-hydrogen) atoms. The number of hydrogen-bond donors (Lipinski definition) is 2. The summed E-state index contributed by atoms with van der Waals surface area (Å²) in [5.74, 6) is -0.0273. The number of halogens is 1. The molecule has 2 aliphatic rings. The Kier molecular flexibility index (Phi) is 4.22. The number of aromatic nitrogens is 2. The molecule has 4 aromatic rings. The quantitative estimate of drug-likeness (QED) is 0.471. The highest BCUT2D eigenvalue weighted by molar-refractivity contribution is 7.23. The second-order valence-electron chi connectivity index (χ2n) is 8.13. The van der Waals surface area contributed by atoms with Crippen LogP contribution in [0.5, 0.6) is 0 Å². The summed E-state index contributed by atoms with van der Waals surface area (Å²) in [6.45, 7) is 4.34. The third-order valence-corrected chi connectivity index (χ3v) is 7.47. The van der Waals surface area contributed by atoms with Crippen LogP contribution in [0.25, 0.3) is 31.8 Å². The van der Waals surface area contributed by atoms with Crippen molar-refractivity contribution in [3.8, 4) is 0 Å². The second-order valence-corrected chi connectivity index (χ2v) is 9.10. The zero-order valence-electron chi connectivity index (χ0n) is 16.7. The summed E-state index contributed by atoms with van der Waals surface area (Å²) in [5.41, 5.74) is 0.551. The summed E-state index contributed by atoms with van der Waals surface area (Å²) in [6.07, 6.45) is 1.62. The summed E-state index contributed by atoms with van der Waals surface area (Å²) < 4.78 is 14.9. The molecule has 9 heteroatoms. The fourth-order valence-corrected chi connectivity index (χ4v) is 5.68. The van der Waals surface area contributed by atoms with Crippen molar-refractivity contribution >= 4 is 54.1 Å². The van der Waals surface area contributed by atoms with E-state index in [0.29, 0.717) is 23.9 Å². The predicted octanol–water partition coefficient (Wildman–Crippen LogP) is 2.30. The lowest BCUT2D eigenvalue weighted by atomic mass is 10.0. The lowest BCUT2D eigenvalue weighted by Crippen LogP contribution is -2.56. The van der Waals surface area contributed by atoms with Crippen LogP contribution < -0.4 is 15.8 Å². The highest BCUT2D eigenvalue weighted by Crippen LogP contribution is 2.39. The lowest BCUT2D eigenvalue weighted by Gasteiger charge is -2.38. The molecule has 2 N–H and O–H groups in total. The molecule has 0 radical (unpaired) electrons. The molecular weight excluding hydrogens is 417 g/mol. The van der Waals surface area contributed by atoms with Crippen LogP contribution in [0.4, 0.5) is 9.52 Å². The van der Waals surface area contributed by atoms with Gasteiger partial charge in [0, 0.05) is 61.6 Å². The predicted molar refractivity (Wildman–Crippen MR) is 120 cm³/mol. The van der Waals surface area contributed by atoms with Gasteiger partial charge < -0.3 is 20.1 Å². The molecule has 0 atom stereocenters. The molecule has 6 rings (SSSR count). The van der Waals surface area contributed by atoms with E-state index in [1.165, 1.54) is 12.1 Å². The van der Waals surface area contributed by atoms with Gasteiger partial charge in [0.25, 0.3) is 5.56 Å². The van der Waals surface area contributed by atoms with E-state index in [-0.39, 0.29) is 23.2 Å². The Balaban J connectivity index is 1.41. The molecule has 2 aromatic carbocycles. The maximum absolute atomic E-state index is 14.0. The Hall–Kier alpha value is -3.04. The summed E-state index contributed by atoms with van der Waals surface area (Å²) in [7, 11) is 0. The van der Waals surface area contributed by atoms with Crippen LogP contribution in [0.15, 0.2) is 35.3 Å². The molecule has 0 unspecified atom stereocenters. The van der Waals surface area contributed by atoms with Gasteiger partial charge in [-0.25, -0.2) is 9.37 Å². The van der Waals surface area contributed by atoms with E-state index in [1.807, 2.05) is 11.0 Å². The van der Waals surface area contributed by atoms with E-state index in [0.717, 1.165) is 52.3 Å². The Bertz CT molecular complexity index is 1400. The highest BCUT2D eigenvalue weighted by Gasteiger charge is 2.31. The maximum Gasteiger partial charge on any atom is 0.256 e. The van der Waals surface area contributed by atoms with Gasteiger partial charge in [0.15, 0.2) is 5.13 Å². The van der Waals surface area contributed by atoms with E-state index in [9.17, 15) is 14.0 Å². The van der Waals surface area contributed by atoms with Gasteiger partial charge in [-0.1, -0.05) is 11.3 Å². The molecular formula is C22H20FN5O2S. The number of nitrogens with zero attached hydrogens (tertiary/aromatic N) is 3. The number of hydrogen-bond acceptors (Lipinski definition) is 6. The average Bonchev–Trinajstić information content (AvgIpc) is 3.18. The zero-order valence-corrected chi connectivity index (χ0v) is 17.5. The third-order valence-electron chi connectivity index (χ3n) is 6.32. The number of amides is 1. The van der Waals surface area contributed by atoms with Gasteiger partial charge in [-0.2, -0.15) is 0 Å². The van der Waals surface area contributed by atoms with Gasteiger partial charge in [-0.3, -0.25) is 9.59 Å². The van der Waals surface area contributed by atoms with Crippen molar-refractivity contribution in [1.82, 2.24) is 20.2 Å². The van der Waals surface area contributed by atoms with Gasteiger partial charge in [-0.15, -0.1) is 0 Å². The van der Waals surface area contributed by atoms with Gasteiger partial charge in [-0.05, 0) is 24.3 Å². The molecule has 158 valence electrons. The topological polar surface area (TPSA) is 81.3 Å². The minimum atomic E-state index is -0.380. The Morgan fingerprint density at radius 1 is 1.10 bits per heavy atom. The van der Waals surface area contributed by atoms with Crippen LogP contribution in [0.2, 0.25) is 0 Å². The molecule has 0 saturated carbocycles. The molecule has 2 aliphatic heterocycles. The largest absolute Gasteiger partial charge is 0.345 e. The van der Waals surface area contributed by atoms with Gasteiger partial charge in [0.05, 0.1) is 21.5 Å². The van der Waals surface area contributed by atoms with Gasteiger partial charge >= 0.3 is 0 Å². The van der Waals surface area contributed by atoms with Crippen LogP contribution in [0.1, 0.15) is 0 Å². The molecule has 2 aromatic heterocycles. The first-order valence-electron chi connectivity index (χ1n) is 10.4. The van der Waals surface area contributed by atoms with E-state index >= 15 is 0 Å². The van der Waals surface area contributed by atoms with Crippen molar-refractivity contribution in [1.29, 1.82) is 0 Å². The van der Waals surface area contributed by atoms with Crippen molar-refractivity contribution in [2.24, 2.45) is 5.92 Å². The first-order chi connectivity index (χ1) is 15.1. The van der Waals surface area contributed by atoms with Crippen molar-refractivity contribution in [2.45, 2.75) is 0 Å². The minimum Gasteiger partial charge on any atom is -0.345 e. The molecule has 0 spiro atoms. The fraction of sp³-hybridized carbons (Fsp3) is 0.318. The number of anilines is 1. The Morgan fingerprint density at radius 2 is 1.90 bits per heavy atom. The number of H-pyrrole nitrogens is 1. The normalized spacial score (nSPS) is 17.6. The van der Waals surface area contributed by atoms with Crippen LogP contribution in [-0.2, 0) is 4.79 Å². The number of fused-ring (bicyclic) bond motifs is 6. The maximum atomic E-state index is 14.0. The van der Waals surface area contributed by atoms with E-state index in [4.69, 9.17) is 4.98 Å². The summed E-state index contributed by atoms with van der Waals surface area (Å²) in [6, 6.07) is 6.37. The molecule has 4 heterocycles. The molecule has 0 bridgehead atoms. The van der Waals surface area contributed by atoms with E-state index in [2.05, 4.69) is 15.2 Å². The number of carbonyl (C=O) groups excluding carboxylic acids is 1. The number of piperazine rings is 1. The monoisotopic (exact) mass is 437 g/mol. The summed E-state index contributed by atoms with van der Waals surface area (Å²) >= 11 is 1.55. The van der Waals surface area contributed by atoms with E-state index in [1.54, 1.807) is 23.6 Å². The molecule has 2 fully saturated rings.